The first kappa shape index (κ1) is 18.0. The Balaban J connectivity index is 1.45. The van der Waals surface area contributed by atoms with Crippen molar-refractivity contribution in [2.75, 3.05) is 33.2 Å². The zero-order valence-corrected chi connectivity index (χ0v) is 14.9. The van der Waals surface area contributed by atoms with Crippen molar-refractivity contribution >= 4 is 0 Å². The van der Waals surface area contributed by atoms with Crippen LogP contribution in [0, 0.1) is 11.7 Å². The summed E-state index contributed by atoms with van der Waals surface area (Å²) in [5.74, 6) is 1.44. The van der Waals surface area contributed by atoms with Crippen molar-refractivity contribution in [2.45, 2.75) is 25.8 Å². The Labute approximate surface area is 149 Å². The topological polar surface area (TPSA) is 32.3 Å². The third-order valence-corrected chi connectivity index (χ3v) is 4.86. The Morgan fingerprint density at radius 2 is 2.00 bits per heavy atom. The van der Waals surface area contributed by atoms with Crippen LogP contribution in [-0.2, 0) is 13.0 Å². The van der Waals surface area contributed by atoms with Gasteiger partial charge in [0.15, 0.2) is 0 Å². The number of halogens is 1. The normalized spacial score (nSPS) is 18.6. The highest BCUT2D eigenvalue weighted by Gasteiger charge is 2.21. The maximum atomic E-state index is 13.8. The Hall–Kier alpha value is -1.85. The molecule has 2 heterocycles. The van der Waals surface area contributed by atoms with Crippen molar-refractivity contribution < 1.29 is 4.39 Å². The summed E-state index contributed by atoms with van der Waals surface area (Å²) in [6, 6.07) is 8.96. The molecular formula is C20H27FN4. The number of rotatable bonds is 7. The fourth-order valence-electron chi connectivity index (χ4n) is 3.64. The highest BCUT2D eigenvalue weighted by Crippen LogP contribution is 2.18. The van der Waals surface area contributed by atoms with Crippen LogP contribution in [0.25, 0.3) is 0 Å². The third kappa shape index (κ3) is 5.58. The number of nitrogens with zero attached hydrogens (tertiary/aromatic N) is 4. The van der Waals surface area contributed by atoms with E-state index in [2.05, 4.69) is 26.8 Å². The van der Waals surface area contributed by atoms with Crippen LogP contribution in [0.4, 0.5) is 4.39 Å². The van der Waals surface area contributed by atoms with Crippen molar-refractivity contribution in [1.29, 1.82) is 0 Å². The molecule has 5 heteroatoms. The minimum absolute atomic E-state index is 0.0846. The lowest BCUT2D eigenvalue weighted by Crippen LogP contribution is -2.41. The summed E-state index contributed by atoms with van der Waals surface area (Å²) in [6.45, 7) is 4.98. The standard InChI is InChI=1S/C20H27FN4/c1-24(16-20-22-10-5-11-23-20)14-17-6-4-12-25(15-17)13-9-18-7-2-3-8-19(18)21/h2-3,5,7-8,10-11,17H,4,6,9,12-16H2,1H3/t17-/m0/s1. The molecule has 1 aromatic carbocycles. The van der Waals surface area contributed by atoms with Gasteiger partial charge < -0.3 is 4.90 Å². The molecule has 0 bridgehead atoms. The molecule has 1 aliphatic rings. The molecule has 0 aliphatic carbocycles. The SMILES string of the molecule is CN(Cc1ncccn1)C[C@@H]1CCCN(CCc2ccccc2F)C1. The fourth-order valence-corrected chi connectivity index (χ4v) is 3.64. The van der Waals surface area contributed by atoms with Crippen molar-refractivity contribution in [3.8, 4) is 0 Å². The van der Waals surface area contributed by atoms with E-state index in [4.69, 9.17) is 0 Å². The molecule has 1 aromatic heterocycles. The molecule has 0 radical (unpaired) electrons. The largest absolute Gasteiger partial charge is 0.303 e. The van der Waals surface area contributed by atoms with E-state index >= 15 is 0 Å². The van der Waals surface area contributed by atoms with E-state index in [1.165, 1.54) is 12.8 Å². The molecule has 1 fully saturated rings. The van der Waals surface area contributed by atoms with Crippen LogP contribution in [0.2, 0.25) is 0 Å². The van der Waals surface area contributed by atoms with E-state index in [0.717, 1.165) is 50.5 Å². The van der Waals surface area contributed by atoms with Crippen LogP contribution in [-0.4, -0.2) is 53.0 Å². The monoisotopic (exact) mass is 342 g/mol. The van der Waals surface area contributed by atoms with Crippen LogP contribution in [0.5, 0.6) is 0 Å². The first-order chi connectivity index (χ1) is 12.2. The van der Waals surface area contributed by atoms with E-state index in [1.807, 2.05) is 18.2 Å². The second-order valence-electron chi connectivity index (χ2n) is 7.01. The molecule has 0 unspecified atom stereocenters. The van der Waals surface area contributed by atoms with E-state index in [1.54, 1.807) is 24.5 Å². The van der Waals surface area contributed by atoms with E-state index < -0.39 is 0 Å². The molecule has 2 aromatic rings. The Bertz CT molecular complexity index is 649. The lowest BCUT2D eigenvalue weighted by atomic mass is 9.97. The summed E-state index contributed by atoms with van der Waals surface area (Å²) < 4.78 is 13.8. The summed E-state index contributed by atoms with van der Waals surface area (Å²) in [4.78, 5) is 13.4. The van der Waals surface area contributed by atoms with Gasteiger partial charge in [-0.2, -0.15) is 0 Å². The summed E-state index contributed by atoms with van der Waals surface area (Å²) in [6.07, 6.45) is 6.85. The van der Waals surface area contributed by atoms with Crippen LogP contribution in [0.3, 0.4) is 0 Å². The second-order valence-corrected chi connectivity index (χ2v) is 7.01. The number of piperidine rings is 1. The molecule has 0 amide bonds. The van der Waals surface area contributed by atoms with E-state index in [9.17, 15) is 4.39 Å². The third-order valence-electron chi connectivity index (χ3n) is 4.86. The molecule has 25 heavy (non-hydrogen) atoms. The van der Waals surface area contributed by atoms with Crippen LogP contribution in [0.1, 0.15) is 24.2 Å². The summed E-state index contributed by atoms with van der Waals surface area (Å²) in [5.41, 5.74) is 0.822. The van der Waals surface area contributed by atoms with Gasteiger partial charge in [-0.1, -0.05) is 18.2 Å². The first-order valence-corrected chi connectivity index (χ1v) is 9.11. The predicted octanol–water partition coefficient (Wildman–Crippen LogP) is 3.00. The van der Waals surface area contributed by atoms with Gasteiger partial charge >= 0.3 is 0 Å². The molecule has 3 rings (SSSR count). The quantitative estimate of drug-likeness (QED) is 0.774. The Kier molecular flexibility index (Phi) is 6.48. The van der Waals surface area contributed by atoms with Crippen molar-refractivity contribution in [3.63, 3.8) is 0 Å². The second kappa shape index (κ2) is 9.02. The van der Waals surface area contributed by atoms with E-state index in [-0.39, 0.29) is 5.82 Å². The predicted molar refractivity (Wildman–Crippen MR) is 97.6 cm³/mol. The van der Waals surface area contributed by atoms with Crippen LogP contribution < -0.4 is 0 Å². The molecule has 1 saturated heterocycles. The Morgan fingerprint density at radius 1 is 1.20 bits per heavy atom. The van der Waals surface area contributed by atoms with Gasteiger partial charge in [0.25, 0.3) is 0 Å². The van der Waals surface area contributed by atoms with Gasteiger partial charge in [0.05, 0.1) is 6.54 Å². The number of hydrogen-bond acceptors (Lipinski definition) is 4. The summed E-state index contributed by atoms with van der Waals surface area (Å²) >= 11 is 0. The van der Waals surface area contributed by atoms with Gasteiger partial charge in [-0.25, -0.2) is 14.4 Å². The van der Waals surface area contributed by atoms with Gasteiger partial charge in [0, 0.05) is 32.0 Å². The number of hydrogen-bond donors (Lipinski definition) is 0. The minimum atomic E-state index is -0.0846. The molecule has 1 atom stereocenters. The highest BCUT2D eigenvalue weighted by atomic mass is 19.1. The van der Waals surface area contributed by atoms with Gasteiger partial charge in [-0.15, -0.1) is 0 Å². The van der Waals surface area contributed by atoms with Gasteiger partial charge in [0.1, 0.15) is 11.6 Å². The summed E-state index contributed by atoms with van der Waals surface area (Å²) in [7, 11) is 2.13. The van der Waals surface area contributed by atoms with Crippen LogP contribution in [0.15, 0.2) is 42.7 Å². The molecule has 4 nitrogen and oxygen atoms in total. The molecule has 0 N–H and O–H groups in total. The van der Waals surface area contributed by atoms with Gasteiger partial charge in [-0.3, -0.25) is 4.90 Å². The van der Waals surface area contributed by atoms with Crippen molar-refractivity contribution in [1.82, 2.24) is 19.8 Å². The van der Waals surface area contributed by atoms with Crippen molar-refractivity contribution in [3.05, 3.63) is 59.9 Å². The summed E-state index contributed by atoms with van der Waals surface area (Å²) in [5, 5.41) is 0. The molecule has 1 aliphatic heterocycles. The molecule has 0 saturated carbocycles. The maximum Gasteiger partial charge on any atom is 0.142 e. The minimum Gasteiger partial charge on any atom is -0.303 e. The van der Waals surface area contributed by atoms with E-state index in [0.29, 0.717) is 5.92 Å². The molecule has 0 spiro atoms. The number of benzene rings is 1. The average molecular weight is 342 g/mol. The zero-order chi connectivity index (χ0) is 17.5. The Morgan fingerprint density at radius 3 is 2.80 bits per heavy atom. The number of likely N-dealkylation sites (tertiary alicyclic amines) is 1. The smallest absolute Gasteiger partial charge is 0.142 e. The zero-order valence-electron chi connectivity index (χ0n) is 14.9. The highest BCUT2D eigenvalue weighted by molar-refractivity contribution is 5.17. The molecule has 134 valence electrons. The van der Waals surface area contributed by atoms with Crippen molar-refractivity contribution in [2.24, 2.45) is 5.92 Å². The van der Waals surface area contributed by atoms with Crippen LogP contribution >= 0.6 is 0 Å². The lowest BCUT2D eigenvalue weighted by Gasteiger charge is -2.34. The molecular weight excluding hydrogens is 315 g/mol. The lowest BCUT2D eigenvalue weighted by molar-refractivity contribution is 0.141. The number of aromatic nitrogens is 2. The van der Waals surface area contributed by atoms with Gasteiger partial charge in [-0.05, 0) is 56.5 Å². The van der Waals surface area contributed by atoms with Gasteiger partial charge in [0.2, 0.25) is 0 Å². The average Bonchev–Trinajstić information content (AvgIpc) is 2.62. The fraction of sp³-hybridized carbons (Fsp3) is 0.500. The first-order valence-electron chi connectivity index (χ1n) is 9.11. The maximum absolute atomic E-state index is 13.8.